The number of aryl methyl sites for hydroxylation is 1. The fraction of sp³-hybridized carbons (Fsp3) is 0.400. The number of aromatic nitrogens is 1. The van der Waals surface area contributed by atoms with Crippen molar-refractivity contribution in [2.75, 3.05) is 0 Å². The Labute approximate surface area is 72.6 Å². The lowest BCUT2D eigenvalue weighted by atomic mass is 10.0. The molecule has 0 aromatic carbocycles. The summed E-state index contributed by atoms with van der Waals surface area (Å²) in [6.45, 7) is 7.49. The first-order valence-electron chi connectivity index (χ1n) is 3.97. The highest BCUT2D eigenvalue weighted by molar-refractivity contribution is 5.93. The maximum atomic E-state index is 11.1. The van der Waals surface area contributed by atoms with E-state index in [1.54, 1.807) is 13.1 Å². The van der Waals surface area contributed by atoms with E-state index in [9.17, 15) is 4.79 Å². The Bertz CT molecular complexity index is 329. The van der Waals surface area contributed by atoms with Crippen molar-refractivity contribution in [3.05, 3.63) is 28.6 Å². The first kappa shape index (κ1) is 8.91. The summed E-state index contributed by atoms with van der Waals surface area (Å²) in [5, 5.41) is 0. The molecule has 1 heterocycles. The van der Waals surface area contributed by atoms with Crippen LogP contribution in [-0.2, 0) is 0 Å². The molecular weight excluding hydrogens is 150 g/mol. The van der Waals surface area contributed by atoms with Crippen LogP contribution in [0.3, 0.4) is 0 Å². The zero-order chi connectivity index (χ0) is 9.30. The standard InChI is InChI=1S/C10H13NO/c1-6-5-11-10(9(4)12)8(3)7(6)2/h5H,1-4H3. The third kappa shape index (κ3) is 1.37. The Morgan fingerprint density at radius 1 is 1.25 bits per heavy atom. The van der Waals surface area contributed by atoms with Crippen molar-refractivity contribution in [3.8, 4) is 0 Å². The maximum absolute atomic E-state index is 11.1. The molecule has 2 nitrogen and oxygen atoms in total. The minimum Gasteiger partial charge on any atom is -0.293 e. The molecule has 0 aliphatic rings. The predicted molar refractivity (Wildman–Crippen MR) is 48.5 cm³/mol. The molecular formula is C10H13NO. The van der Waals surface area contributed by atoms with Gasteiger partial charge < -0.3 is 0 Å². The van der Waals surface area contributed by atoms with Gasteiger partial charge in [0.25, 0.3) is 0 Å². The molecule has 0 radical (unpaired) electrons. The highest BCUT2D eigenvalue weighted by Crippen LogP contribution is 2.14. The normalized spacial score (nSPS) is 10.0. The molecule has 1 aromatic heterocycles. The number of carbonyl (C=O) groups is 1. The van der Waals surface area contributed by atoms with E-state index in [1.807, 2.05) is 20.8 Å². The number of ketones is 1. The van der Waals surface area contributed by atoms with Gasteiger partial charge in [-0.2, -0.15) is 0 Å². The van der Waals surface area contributed by atoms with Crippen LogP contribution in [0.25, 0.3) is 0 Å². The summed E-state index contributed by atoms with van der Waals surface area (Å²) < 4.78 is 0. The number of nitrogens with zero attached hydrogens (tertiary/aromatic N) is 1. The van der Waals surface area contributed by atoms with Crippen LogP contribution in [0.2, 0.25) is 0 Å². The SMILES string of the molecule is CC(=O)c1ncc(C)c(C)c1C. The van der Waals surface area contributed by atoms with Crippen molar-refractivity contribution in [1.29, 1.82) is 0 Å². The molecule has 0 aliphatic carbocycles. The van der Waals surface area contributed by atoms with Crippen molar-refractivity contribution < 1.29 is 4.79 Å². The van der Waals surface area contributed by atoms with Crippen molar-refractivity contribution >= 4 is 5.78 Å². The molecule has 12 heavy (non-hydrogen) atoms. The number of rotatable bonds is 1. The van der Waals surface area contributed by atoms with Crippen molar-refractivity contribution in [2.45, 2.75) is 27.7 Å². The van der Waals surface area contributed by atoms with E-state index in [-0.39, 0.29) is 5.78 Å². The van der Waals surface area contributed by atoms with Gasteiger partial charge in [-0.25, -0.2) is 0 Å². The van der Waals surface area contributed by atoms with Crippen LogP contribution >= 0.6 is 0 Å². The van der Waals surface area contributed by atoms with E-state index in [0.717, 1.165) is 16.7 Å². The van der Waals surface area contributed by atoms with E-state index in [4.69, 9.17) is 0 Å². The van der Waals surface area contributed by atoms with Gasteiger partial charge in [0.05, 0.1) is 0 Å². The minimum absolute atomic E-state index is 0.0376. The second kappa shape index (κ2) is 3.05. The number of hydrogen-bond donors (Lipinski definition) is 0. The Morgan fingerprint density at radius 3 is 2.33 bits per heavy atom. The largest absolute Gasteiger partial charge is 0.293 e. The molecule has 0 aliphatic heterocycles. The highest BCUT2D eigenvalue weighted by atomic mass is 16.1. The van der Waals surface area contributed by atoms with E-state index in [0.29, 0.717) is 5.69 Å². The lowest BCUT2D eigenvalue weighted by Crippen LogP contribution is -2.03. The second-order valence-corrected chi connectivity index (χ2v) is 3.10. The molecule has 0 unspecified atom stereocenters. The molecule has 0 spiro atoms. The average molecular weight is 163 g/mol. The van der Waals surface area contributed by atoms with Gasteiger partial charge >= 0.3 is 0 Å². The average Bonchev–Trinajstić information content (AvgIpc) is 2.00. The molecule has 0 amide bonds. The number of Topliss-reactive ketones (excluding diaryl/α,β-unsaturated/α-hetero) is 1. The molecule has 64 valence electrons. The van der Waals surface area contributed by atoms with Gasteiger partial charge in [0, 0.05) is 13.1 Å². The van der Waals surface area contributed by atoms with Gasteiger partial charge in [0.15, 0.2) is 5.78 Å². The number of pyridine rings is 1. The monoisotopic (exact) mass is 163 g/mol. The molecule has 0 saturated carbocycles. The smallest absolute Gasteiger partial charge is 0.178 e. The molecule has 0 atom stereocenters. The summed E-state index contributed by atoms with van der Waals surface area (Å²) >= 11 is 0. The van der Waals surface area contributed by atoms with E-state index < -0.39 is 0 Å². The van der Waals surface area contributed by atoms with Crippen LogP contribution in [0, 0.1) is 20.8 Å². The van der Waals surface area contributed by atoms with Gasteiger partial charge in [-0.15, -0.1) is 0 Å². The molecule has 0 saturated heterocycles. The van der Waals surface area contributed by atoms with Gasteiger partial charge in [-0.05, 0) is 37.5 Å². The zero-order valence-electron chi connectivity index (χ0n) is 7.93. The van der Waals surface area contributed by atoms with Crippen LogP contribution in [0.4, 0.5) is 0 Å². The third-order valence-corrected chi connectivity index (χ3v) is 2.23. The zero-order valence-corrected chi connectivity index (χ0v) is 7.93. The molecule has 0 fully saturated rings. The number of hydrogen-bond acceptors (Lipinski definition) is 2. The third-order valence-electron chi connectivity index (χ3n) is 2.23. The van der Waals surface area contributed by atoms with E-state index >= 15 is 0 Å². The first-order chi connectivity index (χ1) is 5.54. The van der Waals surface area contributed by atoms with Crippen LogP contribution in [0.1, 0.15) is 34.1 Å². The number of carbonyl (C=O) groups excluding carboxylic acids is 1. The summed E-state index contributed by atoms with van der Waals surface area (Å²) in [7, 11) is 0. The highest BCUT2D eigenvalue weighted by Gasteiger charge is 2.08. The van der Waals surface area contributed by atoms with Crippen LogP contribution < -0.4 is 0 Å². The van der Waals surface area contributed by atoms with Crippen molar-refractivity contribution in [3.63, 3.8) is 0 Å². The lowest BCUT2D eigenvalue weighted by molar-refractivity contribution is 0.101. The molecule has 0 bridgehead atoms. The van der Waals surface area contributed by atoms with E-state index in [1.165, 1.54) is 0 Å². The first-order valence-corrected chi connectivity index (χ1v) is 3.97. The Hall–Kier alpha value is -1.18. The van der Waals surface area contributed by atoms with Gasteiger partial charge in [-0.3, -0.25) is 9.78 Å². The quantitative estimate of drug-likeness (QED) is 0.594. The van der Waals surface area contributed by atoms with Crippen LogP contribution in [0.15, 0.2) is 6.20 Å². The predicted octanol–water partition coefficient (Wildman–Crippen LogP) is 2.21. The Kier molecular flexibility index (Phi) is 2.27. The Balaban J connectivity index is 3.36. The minimum atomic E-state index is 0.0376. The summed E-state index contributed by atoms with van der Waals surface area (Å²) in [6, 6.07) is 0. The van der Waals surface area contributed by atoms with Gasteiger partial charge in [0.2, 0.25) is 0 Å². The van der Waals surface area contributed by atoms with Crippen LogP contribution in [0.5, 0.6) is 0 Å². The van der Waals surface area contributed by atoms with Gasteiger partial charge in [0.1, 0.15) is 5.69 Å². The summed E-state index contributed by atoms with van der Waals surface area (Å²) in [5.74, 6) is 0.0376. The van der Waals surface area contributed by atoms with Gasteiger partial charge in [-0.1, -0.05) is 0 Å². The summed E-state index contributed by atoms with van der Waals surface area (Å²) in [4.78, 5) is 15.2. The summed E-state index contributed by atoms with van der Waals surface area (Å²) in [5.41, 5.74) is 3.90. The maximum Gasteiger partial charge on any atom is 0.178 e. The van der Waals surface area contributed by atoms with E-state index in [2.05, 4.69) is 4.98 Å². The van der Waals surface area contributed by atoms with Crippen molar-refractivity contribution in [2.24, 2.45) is 0 Å². The van der Waals surface area contributed by atoms with Crippen molar-refractivity contribution in [1.82, 2.24) is 4.98 Å². The molecule has 1 rings (SSSR count). The summed E-state index contributed by atoms with van der Waals surface area (Å²) in [6.07, 6.45) is 1.75. The fourth-order valence-electron chi connectivity index (χ4n) is 1.18. The fourth-order valence-corrected chi connectivity index (χ4v) is 1.18. The molecule has 1 aromatic rings. The lowest BCUT2D eigenvalue weighted by Gasteiger charge is -2.06. The molecule has 2 heteroatoms. The van der Waals surface area contributed by atoms with Crippen LogP contribution in [-0.4, -0.2) is 10.8 Å². The topological polar surface area (TPSA) is 30.0 Å². The Morgan fingerprint density at radius 2 is 1.83 bits per heavy atom. The second-order valence-electron chi connectivity index (χ2n) is 3.10. The molecule has 0 N–H and O–H groups in total.